The second kappa shape index (κ2) is 8.53. The zero-order valence-corrected chi connectivity index (χ0v) is 17.1. The van der Waals surface area contributed by atoms with E-state index in [0.717, 1.165) is 33.7 Å². The van der Waals surface area contributed by atoms with E-state index in [2.05, 4.69) is 35.6 Å². The molecule has 4 rings (SSSR count). The molecular formula is C24H21FN2OS. The Morgan fingerprint density at radius 1 is 0.897 bits per heavy atom. The Morgan fingerprint density at radius 2 is 1.55 bits per heavy atom. The molecule has 0 aliphatic rings. The van der Waals surface area contributed by atoms with E-state index < -0.39 is 0 Å². The molecule has 146 valence electrons. The SMILES string of the molecule is COc1ccc(Cn2ncc(-c3ccc(F)cc3)c2-c2ccc(SC)cc2)cc1. The summed E-state index contributed by atoms with van der Waals surface area (Å²) in [5.41, 5.74) is 5.14. The highest BCUT2D eigenvalue weighted by Crippen LogP contribution is 2.33. The van der Waals surface area contributed by atoms with Crippen molar-refractivity contribution in [2.45, 2.75) is 11.4 Å². The predicted molar refractivity (Wildman–Crippen MR) is 117 cm³/mol. The van der Waals surface area contributed by atoms with Gasteiger partial charge in [-0.3, -0.25) is 4.68 Å². The van der Waals surface area contributed by atoms with E-state index >= 15 is 0 Å². The topological polar surface area (TPSA) is 27.1 Å². The fourth-order valence-electron chi connectivity index (χ4n) is 3.30. The van der Waals surface area contributed by atoms with Crippen LogP contribution in [-0.2, 0) is 6.54 Å². The van der Waals surface area contributed by atoms with Gasteiger partial charge >= 0.3 is 0 Å². The van der Waals surface area contributed by atoms with Crippen molar-refractivity contribution in [2.75, 3.05) is 13.4 Å². The van der Waals surface area contributed by atoms with Gasteiger partial charge in [-0.15, -0.1) is 11.8 Å². The summed E-state index contributed by atoms with van der Waals surface area (Å²) in [6, 6.07) is 23.0. The van der Waals surface area contributed by atoms with Gasteiger partial charge in [-0.25, -0.2) is 4.39 Å². The Labute approximate surface area is 174 Å². The number of benzene rings is 3. The number of rotatable bonds is 6. The van der Waals surface area contributed by atoms with Gasteiger partial charge in [0.05, 0.1) is 25.5 Å². The second-order valence-corrected chi connectivity index (χ2v) is 7.53. The van der Waals surface area contributed by atoms with Gasteiger partial charge in [0, 0.05) is 16.0 Å². The Bertz CT molecular complexity index is 1090. The molecule has 1 aromatic heterocycles. The Kier molecular flexibility index (Phi) is 5.67. The predicted octanol–water partition coefficient (Wildman–Crippen LogP) is 6.14. The Balaban J connectivity index is 1.78. The molecule has 29 heavy (non-hydrogen) atoms. The minimum absolute atomic E-state index is 0.245. The number of hydrogen-bond donors (Lipinski definition) is 0. The summed E-state index contributed by atoms with van der Waals surface area (Å²) in [5, 5.41) is 4.66. The maximum absolute atomic E-state index is 13.4. The van der Waals surface area contributed by atoms with Crippen molar-refractivity contribution in [1.82, 2.24) is 9.78 Å². The third-order valence-corrected chi connectivity index (χ3v) is 5.59. The van der Waals surface area contributed by atoms with Crippen molar-refractivity contribution in [3.63, 3.8) is 0 Å². The first-order valence-corrected chi connectivity index (χ1v) is 10.5. The first-order chi connectivity index (χ1) is 14.2. The molecule has 5 heteroatoms. The fourth-order valence-corrected chi connectivity index (χ4v) is 3.71. The summed E-state index contributed by atoms with van der Waals surface area (Å²) in [4.78, 5) is 1.21. The highest BCUT2D eigenvalue weighted by atomic mass is 32.2. The van der Waals surface area contributed by atoms with Gasteiger partial charge in [0.25, 0.3) is 0 Å². The molecule has 0 aliphatic carbocycles. The van der Waals surface area contributed by atoms with Gasteiger partial charge < -0.3 is 4.74 Å². The Hall–Kier alpha value is -3.05. The minimum Gasteiger partial charge on any atom is -0.497 e. The van der Waals surface area contributed by atoms with E-state index in [-0.39, 0.29) is 5.82 Å². The van der Waals surface area contributed by atoms with Crippen molar-refractivity contribution in [3.8, 4) is 28.1 Å². The Morgan fingerprint density at radius 3 is 2.17 bits per heavy atom. The molecule has 0 N–H and O–H groups in total. The quantitative estimate of drug-likeness (QED) is 0.362. The smallest absolute Gasteiger partial charge is 0.123 e. The molecule has 0 spiro atoms. The first kappa shape index (κ1) is 19.3. The highest BCUT2D eigenvalue weighted by Gasteiger charge is 2.15. The molecule has 1 heterocycles. The van der Waals surface area contributed by atoms with Crippen LogP contribution in [0.15, 0.2) is 83.9 Å². The monoisotopic (exact) mass is 404 g/mol. The number of nitrogens with zero attached hydrogens (tertiary/aromatic N) is 2. The third kappa shape index (κ3) is 4.20. The first-order valence-electron chi connectivity index (χ1n) is 9.27. The molecule has 0 radical (unpaired) electrons. The zero-order valence-electron chi connectivity index (χ0n) is 16.3. The molecule has 4 aromatic rings. The maximum atomic E-state index is 13.4. The van der Waals surface area contributed by atoms with Gasteiger partial charge in [0.1, 0.15) is 11.6 Å². The molecule has 0 aliphatic heterocycles. The van der Waals surface area contributed by atoms with Crippen LogP contribution in [0.2, 0.25) is 0 Å². The summed E-state index contributed by atoms with van der Waals surface area (Å²) in [6.45, 7) is 0.630. The van der Waals surface area contributed by atoms with Gasteiger partial charge in [-0.2, -0.15) is 5.10 Å². The molecule has 0 unspecified atom stereocenters. The minimum atomic E-state index is -0.245. The molecule has 0 atom stereocenters. The summed E-state index contributed by atoms with van der Waals surface area (Å²) >= 11 is 1.71. The molecule has 0 amide bonds. The molecule has 0 fully saturated rings. The summed E-state index contributed by atoms with van der Waals surface area (Å²) < 4.78 is 20.7. The lowest BCUT2D eigenvalue weighted by Crippen LogP contribution is -2.04. The summed E-state index contributed by atoms with van der Waals surface area (Å²) in [6.07, 6.45) is 3.92. The van der Waals surface area contributed by atoms with E-state index in [9.17, 15) is 4.39 Å². The van der Waals surface area contributed by atoms with Gasteiger partial charge in [0.15, 0.2) is 0 Å². The molecule has 0 saturated carbocycles. The van der Waals surface area contributed by atoms with Crippen LogP contribution in [0, 0.1) is 5.82 Å². The van der Waals surface area contributed by atoms with Crippen LogP contribution >= 0.6 is 11.8 Å². The van der Waals surface area contributed by atoms with Crippen LogP contribution in [0.5, 0.6) is 5.75 Å². The molecule has 0 bridgehead atoms. The third-order valence-electron chi connectivity index (χ3n) is 4.85. The summed E-state index contributed by atoms with van der Waals surface area (Å²) in [5.74, 6) is 0.583. The van der Waals surface area contributed by atoms with Crippen LogP contribution in [0.3, 0.4) is 0 Å². The lowest BCUT2D eigenvalue weighted by atomic mass is 10.0. The number of methoxy groups -OCH3 is 1. The van der Waals surface area contributed by atoms with Crippen LogP contribution in [-0.4, -0.2) is 23.1 Å². The highest BCUT2D eigenvalue weighted by molar-refractivity contribution is 7.98. The molecule has 0 saturated heterocycles. The van der Waals surface area contributed by atoms with E-state index in [4.69, 9.17) is 4.74 Å². The molecular weight excluding hydrogens is 383 g/mol. The number of aromatic nitrogens is 2. The van der Waals surface area contributed by atoms with Crippen LogP contribution in [0.25, 0.3) is 22.4 Å². The zero-order chi connectivity index (χ0) is 20.2. The van der Waals surface area contributed by atoms with Crippen molar-refractivity contribution >= 4 is 11.8 Å². The number of thioether (sulfide) groups is 1. The number of halogens is 1. The number of hydrogen-bond acceptors (Lipinski definition) is 3. The van der Waals surface area contributed by atoms with Gasteiger partial charge in [0.2, 0.25) is 0 Å². The van der Waals surface area contributed by atoms with Crippen LogP contribution < -0.4 is 4.74 Å². The van der Waals surface area contributed by atoms with Gasteiger partial charge in [-0.1, -0.05) is 36.4 Å². The van der Waals surface area contributed by atoms with Crippen molar-refractivity contribution < 1.29 is 9.13 Å². The largest absolute Gasteiger partial charge is 0.497 e. The molecule has 3 nitrogen and oxygen atoms in total. The average molecular weight is 405 g/mol. The van der Waals surface area contributed by atoms with Crippen LogP contribution in [0.4, 0.5) is 4.39 Å². The van der Waals surface area contributed by atoms with Crippen LogP contribution in [0.1, 0.15) is 5.56 Å². The van der Waals surface area contributed by atoms with E-state index in [1.807, 2.05) is 35.1 Å². The van der Waals surface area contributed by atoms with Crippen molar-refractivity contribution in [2.24, 2.45) is 0 Å². The summed E-state index contributed by atoms with van der Waals surface area (Å²) in [7, 11) is 1.66. The van der Waals surface area contributed by atoms with E-state index in [0.29, 0.717) is 6.54 Å². The lowest BCUT2D eigenvalue weighted by molar-refractivity contribution is 0.414. The maximum Gasteiger partial charge on any atom is 0.123 e. The average Bonchev–Trinajstić information content (AvgIpc) is 3.18. The normalized spacial score (nSPS) is 10.9. The van der Waals surface area contributed by atoms with E-state index in [1.54, 1.807) is 31.0 Å². The second-order valence-electron chi connectivity index (χ2n) is 6.65. The molecule has 3 aromatic carbocycles. The fraction of sp³-hybridized carbons (Fsp3) is 0.125. The standard InChI is InChI=1S/C24H21FN2OS/c1-28-21-11-3-17(4-12-21)16-27-24(19-7-13-22(29-2)14-8-19)23(15-26-27)18-5-9-20(25)10-6-18/h3-15H,16H2,1-2H3. The van der Waals surface area contributed by atoms with Gasteiger partial charge in [-0.05, 0) is 53.8 Å². The van der Waals surface area contributed by atoms with E-state index in [1.165, 1.54) is 17.0 Å². The van der Waals surface area contributed by atoms with Crippen molar-refractivity contribution in [1.29, 1.82) is 0 Å². The number of ether oxygens (including phenoxy) is 1. The lowest BCUT2D eigenvalue weighted by Gasteiger charge is -2.12. The van der Waals surface area contributed by atoms with Crippen molar-refractivity contribution in [3.05, 3.63) is 90.4 Å².